The molecule has 1 heterocycles. The first-order valence-electron chi connectivity index (χ1n) is 11.2. The zero-order valence-electron chi connectivity index (χ0n) is 19.6. The van der Waals surface area contributed by atoms with Crippen molar-refractivity contribution in [2.24, 2.45) is 11.3 Å². The molecule has 1 saturated heterocycles. The van der Waals surface area contributed by atoms with Gasteiger partial charge in [0.2, 0.25) is 5.91 Å². The third kappa shape index (κ3) is 5.58. The number of carbonyl (C=O) groups excluding carboxylic acids is 2. The maximum atomic E-state index is 13.4. The second-order valence-corrected chi connectivity index (χ2v) is 10.0. The Bertz CT molecular complexity index is 1050. The Kier molecular flexibility index (Phi) is 7.51. The first kappa shape index (κ1) is 24.8. The lowest BCUT2D eigenvalue weighted by Crippen LogP contribution is -2.60. The van der Waals surface area contributed by atoms with E-state index in [2.05, 4.69) is 17.2 Å². The lowest BCUT2D eigenvalue weighted by Gasteiger charge is -2.51. The van der Waals surface area contributed by atoms with Gasteiger partial charge in [0.1, 0.15) is 6.04 Å². The van der Waals surface area contributed by atoms with Gasteiger partial charge >= 0.3 is 0 Å². The average Bonchev–Trinajstić information content (AvgIpc) is 2.78. The van der Waals surface area contributed by atoms with Gasteiger partial charge < -0.3 is 15.3 Å². The van der Waals surface area contributed by atoms with E-state index in [0.29, 0.717) is 24.5 Å². The molecule has 2 N–H and O–H groups in total. The topological polar surface area (TPSA) is 69.6 Å². The molecule has 1 fully saturated rings. The molecule has 3 rings (SSSR count). The number of carbonyl (C=O) groups is 2. The number of hydrogen-bond donors (Lipinski definition) is 2. The fourth-order valence-corrected chi connectivity index (χ4v) is 4.43. The fraction of sp³-hybridized carbons (Fsp3) is 0.407. The zero-order chi connectivity index (χ0) is 24.2. The van der Waals surface area contributed by atoms with Crippen LogP contribution >= 0.6 is 11.6 Å². The molecule has 6 heteroatoms. The minimum atomic E-state index is -1.09. The highest BCUT2D eigenvalue weighted by atomic mass is 35.5. The van der Waals surface area contributed by atoms with Crippen molar-refractivity contribution in [2.45, 2.75) is 45.8 Å². The van der Waals surface area contributed by atoms with Gasteiger partial charge in [0.15, 0.2) is 0 Å². The van der Waals surface area contributed by atoms with Crippen LogP contribution < -0.4 is 5.32 Å². The molecule has 2 amide bonds. The molecule has 1 aliphatic heterocycles. The Hall–Kier alpha value is -2.81. The third-order valence-electron chi connectivity index (χ3n) is 6.40. The predicted molar refractivity (Wildman–Crippen MR) is 130 cm³/mol. The molecule has 0 bridgehead atoms. The summed E-state index contributed by atoms with van der Waals surface area (Å²) in [6, 6.07) is 15.7. The van der Waals surface area contributed by atoms with Crippen molar-refractivity contribution in [3.05, 3.63) is 70.7 Å². The molecule has 2 aromatic carbocycles. The number of hydrogen-bond acceptors (Lipinski definition) is 3. The Balaban J connectivity index is 1.73. The van der Waals surface area contributed by atoms with E-state index in [-0.39, 0.29) is 11.8 Å². The molecular formula is C27H31ClN2O3. The van der Waals surface area contributed by atoms with Crippen LogP contribution in [0.3, 0.4) is 0 Å². The number of benzene rings is 2. The van der Waals surface area contributed by atoms with E-state index in [9.17, 15) is 14.7 Å². The van der Waals surface area contributed by atoms with Crippen molar-refractivity contribution in [3.63, 3.8) is 0 Å². The first-order valence-corrected chi connectivity index (χ1v) is 11.6. The zero-order valence-corrected chi connectivity index (χ0v) is 20.3. The molecule has 0 spiro atoms. The molecular weight excluding hydrogens is 436 g/mol. The molecule has 0 saturated carbocycles. The van der Waals surface area contributed by atoms with Crippen LogP contribution in [0.2, 0.25) is 5.02 Å². The van der Waals surface area contributed by atoms with E-state index in [1.54, 1.807) is 17.0 Å². The molecule has 0 aliphatic carbocycles. The van der Waals surface area contributed by atoms with Crippen LogP contribution in [0.15, 0.2) is 54.6 Å². The highest BCUT2D eigenvalue weighted by molar-refractivity contribution is 6.30. The number of halogens is 1. The number of nitrogens with zero attached hydrogens (tertiary/aromatic N) is 1. The second kappa shape index (κ2) is 9.99. The molecule has 174 valence electrons. The van der Waals surface area contributed by atoms with Crippen molar-refractivity contribution < 1.29 is 14.7 Å². The molecule has 2 aromatic rings. The number of nitrogens with one attached hydrogen (secondary N) is 1. The molecule has 1 aliphatic rings. The van der Waals surface area contributed by atoms with Gasteiger partial charge in [0.05, 0.1) is 5.60 Å². The molecule has 0 unspecified atom stereocenters. The van der Waals surface area contributed by atoms with Crippen LogP contribution in [-0.4, -0.2) is 41.0 Å². The van der Waals surface area contributed by atoms with E-state index < -0.39 is 23.0 Å². The Morgan fingerprint density at radius 1 is 1.09 bits per heavy atom. The van der Waals surface area contributed by atoms with Gasteiger partial charge in [-0.15, -0.1) is 0 Å². The second-order valence-electron chi connectivity index (χ2n) is 9.57. The van der Waals surface area contributed by atoms with Gasteiger partial charge in [-0.25, -0.2) is 0 Å². The van der Waals surface area contributed by atoms with E-state index in [1.807, 2.05) is 70.2 Å². The quantitative estimate of drug-likeness (QED) is 0.669. The van der Waals surface area contributed by atoms with Crippen LogP contribution in [0, 0.1) is 23.2 Å². The summed E-state index contributed by atoms with van der Waals surface area (Å²) in [4.78, 5) is 27.6. The molecule has 5 nitrogen and oxygen atoms in total. The molecule has 0 aromatic heterocycles. The molecule has 0 radical (unpaired) electrons. The van der Waals surface area contributed by atoms with Crippen molar-refractivity contribution in [2.75, 3.05) is 13.1 Å². The number of amides is 2. The van der Waals surface area contributed by atoms with Gasteiger partial charge in [-0.1, -0.05) is 75.5 Å². The Labute approximate surface area is 201 Å². The average molecular weight is 467 g/mol. The normalized spacial score (nSPS) is 20.5. The summed E-state index contributed by atoms with van der Waals surface area (Å²) in [6.45, 7) is 8.44. The summed E-state index contributed by atoms with van der Waals surface area (Å²) in [5, 5.41) is 15.0. The minimum absolute atomic E-state index is 0.111. The van der Waals surface area contributed by atoms with Crippen LogP contribution in [0.25, 0.3) is 0 Å². The predicted octanol–water partition coefficient (Wildman–Crippen LogP) is 3.98. The number of likely N-dealkylation sites (tertiary alicyclic amines) is 1. The third-order valence-corrected chi connectivity index (χ3v) is 6.65. The highest BCUT2D eigenvalue weighted by Crippen LogP contribution is 2.46. The van der Waals surface area contributed by atoms with Gasteiger partial charge in [0.25, 0.3) is 5.91 Å². The number of rotatable bonds is 4. The summed E-state index contributed by atoms with van der Waals surface area (Å²) < 4.78 is 0. The standard InChI is InChI=1S/C27H31ClN2O3/c1-19(2)24(29-23(31)15-10-20-8-6-5-7-9-20)25(32)30-17-16-27(33,26(3,4)18-30)21-11-13-22(28)14-12-21/h5-9,11-14,19,24,33H,16-18H2,1-4H3,(H,29,31)/t24-,27+/m1/s1. The smallest absolute Gasteiger partial charge is 0.296 e. The van der Waals surface area contributed by atoms with E-state index in [1.165, 1.54) is 0 Å². The van der Waals surface area contributed by atoms with E-state index in [0.717, 1.165) is 11.1 Å². The van der Waals surface area contributed by atoms with Gasteiger partial charge in [-0.05, 0) is 42.2 Å². The number of piperidine rings is 1. The van der Waals surface area contributed by atoms with Crippen molar-refractivity contribution >= 4 is 23.4 Å². The van der Waals surface area contributed by atoms with Crippen molar-refractivity contribution in [1.29, 1.82) is 0 Å². The number of aliphatic hydroxyl groups is 1. The van der Waals surface area contributed by atoms with Crippen molar-refractivity contribution in [1.82, 2.24) is 10.2 Å². The summed E-state index contributed by atoms with van der Waals surface area (Å²) in [7, 11) is 0. The van der Waals surface area contributed by atoms with Gasteiger partial charge in [-0.2, -0.15) is 0 Å². The van der Waals surface area contributed by atoms with E-state index >= 15 is 0 Å². The van der Waals surface area contributed by atoms with Crippen LogP contribution in [0.1, 0.15) is 45.2 Å². The summed E-state index contributed by atoms with van der Waals surface area (Å²) >= 11 is 6.02. The summed E-state index contributed by atoms with van der Waals surface area (Å²) in [5.41, 5.74) is -0.173. The maximum Gasteiger partial charge on any atom is 0.296 e. The van der Waals surface area contributed by atoms with Crippen LogP contribution in [-0.2, 0) is 15.2 Å². The first-order chi connectivity index (χ1) is 15.5. The monoisotopic (exact) mass is 466 g/mol. The summed E-state index contributed by atoms with van der Waals surface area (Å²) in [5.74, 6) is 4.64. The summed E-state index contributed by atoms with van der Waals surface area (Å²) in [6.07, 6.45) is 0.389. The van der Waals surface area contributed by atoms with E-state index in [4.69, 9.17) is 11.6 Å². The van der Waals surface area contributed by atoms with Gasteiger partial charge in [0, 0.05) is 35.0 Å². The van der Waals surface area contributed by atoms with Crippen LogP contribution in [0.4, 0.5) is 0 Å². The lowest BCUT2D eigenvalue weighted by molar-refractivity contribution is -0.156. The Morgan fingerprint density at radius 2 is 1.73 bits per heavy atom. The Morgan fingerprint density at radius 3 is 2.30 bits per heavy atom. The SMILES string of the molecule is CC(C)[C@@H](NC(=O)C#Cc1ccccc1)C(=O)N1CC[C@](O)(c2ccc(Cl)cc2)C(C)(C)C1. The fourth-order valence-electron chi connectivity index (χ4n) is 4.31. The lowest BCUT2D eigenvalue weighted by atomic mass is 9.66. The molecule has 33 heavy (non-hydrogen) atoms. The van der Waals surface area contributed by atoms with Crippen LogP contribution in [0.5, 0.6) is 0 Å². The molecule has 2 atom stereocenters. The minimum Gasteiger partial charge on any atom is -0.384 e. The van der Waals surface area contributed by atoms with Crippen molar-refractivity contribution in [3.8, 4) is 11.8 Å². The maximum absolute atomic E-state index is 13.4. The highest BCUT2D eigenvalue weighted by Gasteiger charge is 2.50. The largest absolute Gasteiger partial charge is 0.384 e. The van der Waals surface area contributed by atoms with Gasteiger partial charge in [-0.3, -0.25) is 9.59 Å².